The van der Waals surface area contributed by atoms with Crippen LogP contribution < -0.4 is 16.0 Å². The number of ether oxygens (including phenoxy) is 1. The van der Waals surface area contributed by atoms with Crippen molar-refractivity contribution in [3.8, 4) is 0 Å². The maximum absolute atomic E-state index is 11.6. The Kier molecular flexibility index (Phi) is 6.38. The average molecular weight is 265 g/mol. The molecule has 0 bridgehead atoms. The highest BCUT2D eigenvalue weighted by atomic mass is 16.5. The fourth-order valence-corrected chi connectivity index (χ4v) is 1.43. The number of nitrogens with one attached hydrogen (secondary N) is 3. The van der Waals surface area contributed by atoms with E-state index in [0.29, 0.717) is 11.4 Å². The van der Waals surface area contributed by atoms with Crippen LogP contribution >= 0.6 is 0 Å². The summed E-state index contributed by atoms with van der Waals surface area (Å²) in [7, 11) is 1.29. The summed E-state index contributed by atoms with van der Waals surface area (Å²) < 4.78 is 4.49. The van der Waals surface area contributed by atoms with Crippen LogP contribution in [-0.2, 0) is 9.53 Å². The third kappa shape index (κ3) is 5.87. The zero-order valence-corrected chi connectivity index (χ0v) is 11.2. The second kappa shape index (κ2) is 8.10. The Morgan fingerprint density at radius 1 is 1.21 bits per heavy atom. The van der Waals surface area contributed by atoms with E-state index < -0.39 is 6.09 Å². The first-order valence-corrected chi connectivity index (χ1v) is 6.11. The van der Waals surface area contributed by atoms with E-state index in [2.05, 4.69) is 20.7 Å². The lowest BCUT2D eigenvalue weighted by Crippen LogP contribution is -2.28. The molecule has 2 amide bonds. The molecule has 0 atom stereocenters. The van der Waals surface area contributed by atoms with Crippen LogP contribution in [0.25, 0.3) is 0 Å². The van der Waals surface area contributed by atoms with Crippen molar-refractivity contribution in [2.45, 2.75) is 13.3 Å². The molecule has 0 aliphatic rings. The van der Waals surface area contributed by atoms with Gasteiger partial charge in [0.05, 0.1) is 13.7 Å². The number of hydrogen-bond donors (Lipinski definition) is 3. The van der Waals surface area contributed by atoms with Gasteiger partial charge in [-0.25, -0.2) is 4.79 Å². The molecule has 3 N–H and O–H groups in total. The lowest BCUT2D eigenvalue weighted by atomic mass is 10.2. The van der Waals surface area contributed by atoms with E-state index in [4.69, 9.17) is 0 Å². The van der Waals surface area contributed by atoms with Crippen molar-refractivity contribution in [1.82, 2.24) is 5.32 Å². The maximum Gasteiger partial charge on any atom is 0.411 e. The fourth-order valence-electron chi connectivity index (χ4n) is 1.43. The van der Waals surface area contributed by atoms with E-state index in [9.17, 15) is 9.59 Å². The molecule has 0 spiro atoms. The van der Waals surface area contributed by atoms with Crippen molar-refractivity contribution in [1.29, 1.82) is 0 Å². The van der Waals surface area contributed by atoms with Crippen LogP contribution in [0.1, 0.15) is 13.3 Å². The number of benzene rings is 1. The molecule has 0 saturated heterocycles. The van der Waals surface area contributed by atoms with Gasteiger partial charge >= 0.3 is 6.09 Å². The summed E-state index contributed by atoms with van der Waals surface area (Å²) in [6.45, 7) is 3.10. The smallest absolute Gasteiger partial charge is 0.411 e. The van der Waals surface area contributed by atoms with Crippen molar-refractivity contribution in [3.05, 3.63) is 24.3 Å². The summed E-state index contributed by atoms with van der Waals surface area (Å²) in [4.78, 5) is 22.6. The van der Waals surface area contributed by atoms with Crippen LogP contribution in [0.3, 0.4) is 0 Å². The Morgan fingerprint density at radius 2 is 1.89 bits per heavy atom. The molecule has 6 heteroatoms. The van der Waals surface area contributed by atoms with E-state index >= 15 is 0 Å². The van der Waals surface area contributed by atoms with Crippen molar-refractivity contribution >= 4 is 23.4 Å². The molecule has 1 aromatic rings. The summed E-state index contributed by atoms with van der Waals surface area (Å²) in [5.41, 5.74) is 1.18. The predicted octanol–water partition coefficient (Wildman–Crippen LogP) is 1.80. The topological polar surface area (TPSA) is 79.5 Å². The second-order valence-electron chi connectivity index (χ2n) is 3.92. The van der Waals surface area contributed by atoms with Crippen LogP contribution in [0, 0.1) is 0 Å². The molecule has 0 aliphatic heterocycles. The summed E-state index contributed by atoms with van der Waals surface area (Å²) >= 11 is 0. The minimum atomic E-state index is -0.548. The molecule has 1 rings (SSSR count). The van der Waals surface area contributed by atoms with E-state index in [1.54, 1.807) is 24.3 Å². The highest BCUT2D eigenvalue weighted by Gasteiger charge is 2.04. The van der Waals surface area contributed by atoms with Gasteiger partial charge in [-0.2, -0.15) is 0 Å². The molecule has 0 aromatic heterocycles. The number of rotatable bonds is 6. The van der Waals surface area contributed by atoms with Gasteiger partial charge in [0.15, 0.2) is 0 Å². The Hall–Kier alpha value is -2.08. The normalized spacial score (nSPS) is 9.79. The molecule has 0 aliphatic carbocycles. The molecule has 6 nitrogen and oxygen atoms in total. The highest BCUT2D eigenvalue weighted by Crippen LogP contribution is 2.15. The molecule has 0 radical (unpaired) electrons. The van der Waals surface area contributed by atoms with Gasteiger partial charge in [-0.1, -0.05) is 13.0 Å². The first-order chi connectivity index (χ1) is 9.15. The summed E-state index contributed by atoms with van der Waals surface area (Å²) in [5, 5.41) is 8.28. The monoisotopic (exact) mass is 265 g/mol. The predicted molar refractivity (Wildman–Crippen MR) is 74.3 cm³/mol. The number of anilines is 2. The molecular formula is C13H19N3O3. The van der Waals surface area contributed by atoms with Gasteiger partial charge in [-0.15, -0.1) is 0 Å². The van der Waals surface area contributed by atoms with Gasteiger partial charge in [-0.05, 0) is 31.2 Å². The summed E-state index contributed by atoms with van der Waals surface area (Å²) in [6.07, 6.45) is 0.430. The lowest BCUT2D eigenvalue weighted by Gasteiger charge is -2.08. The third-order valence-corrected chi connectivity index (χ3v) is 2.29. The largest absolute Gasteiger partial charge is 0.453 e. The van der Waals surface area contributed by atoms with Gasteiger partial charge in [0.2, 0.25) is 5.91 Å². The van der Waals surface area contributed by atoms with Gasteiger partial charge in [-0.3, -0.25) is 10.1 Å². The number of carbonyl (C=O) groups is 2. The standard InChI is InChI=1S/C13H19N3O3/c1-3-7-14-9-12(17)15-10-5-4-6-11(8-10)16-13(18)19-2/h4-6,8,14H,3,7,9H2,1-2H3,(H,15,17)(H,16,18). The molecule has 0 saturated carbocycles. The molecular weight excluding hydrogens is 246 g/mol. The Balaban J connectivity index is 2.52. The van der Waals surface area contributed by atoms with Gasteiger partial charge in [0.1, 0.15) is 0 Å². The molecule has 19 heavy (non-hydrogen) atoms. The van der Waals surface area contributed by atoms with Crippen LogP contribution in [0.5, 0.6) is 0 Å². The highest BCUT2D eigenvalue weighted by molar-refractivity contribution is 5.93. The second-order valence-corrected chi connectivity index (χ2v) is 3.92. The SMILES string of the molecule is CCCNCC(=O)Nc1cccc(NC(=O)OC)c1. The van der Waals surface area contributed by atoms with Crippen molar-refractivity contribution in [3.63, 3.8) is 0 Å². The third-order valence-electron chi connectivity index (χ3n) is 2.29. The molecule has 0 fully saturated rings. The average Bonchev–Trinajstić information content (AvgIpc) is 2.39. The first-order valence-electron chi connectivity index (χ1n) is 6.11. The Morgan fingerprint density at radius 3 is 2.53 bits per heavy atom. The molecule has 104 valence electrons. The minimum absolute atomic E-state index is 0.122. The minimum Gasteiger partial charge on any atom is -0.453 e. The number of carbonyl (C=O) groups excluding carboxylic acids is 2. The zero-order valence-electron chi connectivity index (χ0n) is 11.2. The lowest BCUT2D eigenvalue weighted by molar-refractivity contribution is -0.115. The Labute approximate surface area is 112 Å². The summed E-state index contributed by atoms with van der Waals surface area (Å²) in [6, 6.07) is 6.86. The van der Waals surface area contributed by atoms with Gasteiger partial charge in [0, 0.05) is 11.4 Å². The van der Waals surface area contributed by atoms with E-state index in [0.717, 1.165) is 13.0 Å². The van der Waals surface area contributed by atoms with E-state index in [1.807, 2.05) is 6.92 Å². The Bertz CT molecular complexity index is 435. The first kappa shape index (κ1) is 15.0. The van der Waals surface area contributed by atoms with Gasteiger partial charge < -0.3 is 15.4 Å². The van der Waals surface area contributed by atoms with Crippen molar-refractivity contribution in [2.75, 3.05) is 30.8 Å². The van der Waals surface area contributed by atoms with Crippen LogP contribution in [0.4, 0.5) is 16.2 Å². The van der Waals surface area contributed by atoms with E-state index in [-0.39, 0.29) is 12.5 Å². The van der Waals surface area contributed by atoms with Crippen LogP contribution in [0.2, 0.25) is 0 Å². The van der Waals surface area contributed by atoms with Crippen LogP contribution in [0.15, 0.2) is 24.3 Å². The number of amides is 2. The maximum atomic E-state index is 11.6. The fraction of sp³-hybridized carbons (Fsp3) is 0.385. The molecule has 1 aromatic carbocycles. The van der Waals surface area contributed by atoms with Crippen LogP contribution in [-0.4, -0.2) is 32.2 Å². The van der Waals surface area contributed by atoms with Crippen molar-refractivity contribution in [2.24, 2.45) is 0 Å². The zero-order chi connectivity index (χ0) is 14.1. The number of methoxy groups -OCH3 is 1. The van der Waals surface area contributed by atoms with E-state index in [1.165, 1.54) is 7.11 Å². The molecule has 0 unspecified atom stereocenters. The number of hydrogen-bond acceptors (Lipinski definition) is 4. The van der Waals surface area contributed by atoms with Gasteiger partial charge in [0.25, 0.3) is 0 Å². The summed E-state index contributed by atoms with van der Waals surface area (Å²) in [5.74, 6) is -0.122. The molecule has 0 heterocycles. The quantitative estimate of drug-likeness (QED) is 0.685. The van der Waals surface area contributed by atoms with Crippen molar-refractivity contribution < 1.29 is 14.3 Å².